The lowest BCUT2D eigenvalue weighted by atomic mass is 9.99. The van der Waals surface area contributed by atoms with Gasteiger partial charge >= 0.3 is 5.97 Å². The highest BCUT2D eigenvalue weighted by molar-refractivity contribution is 8.01. The maximum atomic E-state index is 12.4. The molecule has 1 saturated carbocycles. The van der Waals surface area contributed by atoms with Gasteiger partial charge in [-0.05, 0) is 61.8 Å². The number of carbonyl (C=O) groups is 1. The number of nitrogens with zero attached hydrogens (tertiary/aromatic N) is 2. The summed E-state index contributed by atoms with van der Waals surface area (Å²) in [5.74, 6) is 0.413. The minimum absolute atomic E-state index is 0.264. The van der Waals surface area contributed by atoms with Gasteiger partial charge < -0.3 is 4.74 Å². The van der Waals surface area contributed by atoms with Gasteiger partial charge in [-0.15, -0.1) is 0 Å². The van der Waals surface area contributed by atoms with Gasteiger partial charge in [-0.3, -0.25) is 9.36 Å². The van der Waals surface area contributed by atoms with E-state index in [2.05, 4.69) is 47.0 Å². The fourth-order valence-electron chi connectivity index (χ4n) is 4.07. The molecule has 0 amide bonds. The second kappa shape index (κ2) is 7.17. The van der Waals surface area contributed by atoms with Crippen LogP contribution in [-0.4, -0.2) is 27.4 Å². The third-order valence-electron chi connectivity index (χ3n) is 5.75. The Balaban J connectivity index is 1.75. The summed E-state index contributed by atoms with van der Waals surface area (Å²) in [6.45, 7) is 3.75. The summed E-state index contributed by atoms with van der Waals surface area (Å²) in [7, 11) is 1.43. The molecule has 1 aliphatic rings. The van der Waals surface area contributed by atoms with Crippen LogP contribution in [0.3, 0.4) is 0 Å². The molecule has 4 aromatic rings. The van der Waals surface area contributed by atoms with Gasteiger partial charge in [0.25, 0.3) is 0 Å². The van der Waals surface area contributed by atoms with Crippen LogP contribution in [0, 0.1) is 0 Å². The van der Waals surface area contributed by atoms with E-state index in [1.807, 2.05) is 32.0 Å². The van der Waals surface area contributed by atoms with E-state index in [1.54, 1.807) is 0 Å². The molecule has 4 nitrogen and oxygen atoms in total. The van der Waals surface area contributed by atoms with Gasteiger partial charge in [0.1, 0.15) is 4.75 Å². The number of fused-ring (bicyclic) bond motifs is 2. The third kappa shape index (κ3) is 3.18. The van der Waals surface area contributed by atoms with Gasteiger partial charge in [-0.1, -0.05) is 54.2 Å². The van der Waals surface area contributed by atoms with Crippen molar-refractivity contribution >= 4 is 39.5 Å². The second-order valence-electron chi connectivity index (χ2n) is 8.32. The molecule has 3 aromatic carbocycles. The first-order chi connectivity index (χ1) is 14.5. The Morgan fingerprint density at radius 2 is 1.73 bits per heavy atom. The molecule has 0 saturated heterocycles. The van der Waals surface area contributed by atoms with E-state index in [9.17, 15) is 4.79 Å². The zero-order valence-electron chi connectivity index (χ0n) is 17.4. The van der Waals surface area contributed by atoms with Crippen molar-refractivity contribution in [2.75, 3.05) is 7.11 Å². The molecular weight excluding hydrogens is 392 g/mol. The van der Waals surface area contributed by atoms with Gasteiger partial charge in [-0.25, -0.2) is 4.98 Å². The molecule has 0 aliphatic heterocycles. The first kappa shape index (κ1) is 19.2. The summed E-state index contributed by atoms with van der Waals surface area (Å²) in [4.78, 5) is 17.2. The zero-order valence-corrected chi connectivity index (χ0v) is 18.2. The van der Waals surface area contributed by atoms with Crippen LogP contribution in [-0.2, 0) is 9.53 Å². The second-order valence-corrected chi connectivity index (χ2v) is 9.91. The van der Waals surface area contributed by atoms with E-state index in [4.69, 9.17) is 9.72 Å². The summed E-state index contributed by atoms with van der Waals surface area (Å²) in [6.07, 6.45) is 2.54. The van der Waals surface area contributed by atoms with Gasteiger partial charge in [-0.2, -0.15) is 0 Å². The number of carbonyl (C=O) groups excluding carboxylic acids is 1. The number of hydrogen-bond acceptors (Lipinski definition) is 4. The standard InChI is InChI=1S/C25H24N2O2S/c1-25(2,23(28)29-3)30-24-26-20-10-6-7-11-22(20)27(24)21-15-14-17(16-12-13-16)18-8-4-5-9-19(18)21/h4-11,14-16H,12-13H2,1-3H3. The lowest BCUT2D eigenvalue weighted by Crippen LogP contribution is -2.29. The van der Waals surface area contributed by atoms with E-state index in [1.165, 1.54) is 48.0 Å². The van der Waals surface area contributed by atoms with Crippen molar-refractivity contribution in [2.45, 2.75) is 42.5 Å². The van der Waals surface area contributed by atoms with Crippen molar-refractivity contribution in [3.8, 4) is 5.69 Å². The molecule has 152 valence electrons. The van der Waals surface area contributed by atoms with E-state index >= 15 is 0 Å². The molecule has 0 unspecified atom stereocenters. The van der Waals surface area contributed by atoms with Crippen molar-refractivity contribution in [3.05, 3.63) is 66.2 Å². The van der Waals surface area contributed by atoms with Crippen molar-refractivity contribution in [1.29, 1.82) is 0 Å². The highest BCUT2D eigenvalue weighted by Gasteiger charge is 2.33. The van der Waals surface area contributed by atoms with Crippen LogP contribution < -0.4 is 0 Å². The smallest absolute Gasteiger partial charge is 0.321 e. The molecule has 1 aromatic heterocycles. The van der Waals surface area contributed by atoms with Gasteiger partial charge in [0.05, 0.1) is 23.8 Å². The molecular formula is C25H24N2O2S. The summed E-state index contributed by atoms with van der Waals surface area (Å²) in [5, 5.41) is 3.30. The van der Waals surface area contributed by atoms with Crippen LogP contribution in [0.5, 0.6) is 0 Å². The number of para-hydroxylation sites is 2. The molecule has 0 bridgehead atoms. The number of ether oxygens (including phenoxy) is 1. The number of aromatic nitrogens is 2. The van der Waals surface area contributed by atoms with Crippen LogP contribution in [0.25, 0.3) is 27.5 Å². The Morgan fingerprint density at radius 1 is 1.03 bits per heavy atom. The Morgan fingerprint density at radius 3 is 2.47 bits per heavy atom. The van der Waals surface area contributed by atoms with Crippen molar-refractivity contribution in [2.24, 2.45) is 0 Å². The van der Waals surface area contributed by atoms with Crippen LogP contribution in [0.1, 0.15) is 38.2 Å². The molecule has 0 radical (unpaired) electrons. The Kier molecular flexibility index (Phi) is 4.58. The molecule has 1 heterocycles. The Bertz CT molecular complexity index is 1270. The fraction of sp³-hybridized carbons (Fsp3) is 0.280. The normalized spacial score (nSPS) is 14.4. The van der Waals surface area contributed by atoms with E-state index in [-0.39, 0.29) is 5.97 Å². The van der Waals surface area contributed by atoms with Crippen molar-refractivity contribution < 1.29 is 9.53 Å². The van der Waals surface area contributed by atoms with Gasteiger partial charge in [0.15, 0.2) is 5.16 Å². The van der Waals surface area contributed by atoms with Crippen LogP contribution in [0.15, 0.2) is 65.8 Å². The minimum Gasteiger partial charge on any atom is -0.468 e. The van der Waals surface area contributed by atoms with E-state index in [0.717, 1.165) is 21.9 Å². The predicted octanol–water partition coefficient (Wildman–Crippen LogP) is 6.10. The largest absolute Gasteiger partial charge is 0.468 e. The van der Waals surface area contributed by atoms with Gasteiger partial charge in [0, 0.05) is 5.39 Å². The molecule has 0 atom stereocenters. The Labute approximate surface area is 180 Å². The number of methoxy groups -OCH3 is 1. The highest BCUT2D eigenvalue weighted by atomic mass is 32.2. The molecule has 0 N–H and O–H groups in total. The number of rotatable bonds is 5. The number of hydrogen-bond donors (Lipinski definition) is 0. The summed E-state index contributed by atoms with van der Waals surface area (Å²) >= 11 is 1.43. The van der Waals surface area contributed by atoms with Crippen LogP contribution in [0.4, 0.5) is 0 Å². The minimum atomic E-state index is -0.752. The predicted molar refractivity (Wildman–Crippen MR) is 123 cm³/mol. The van der Waals surface area contributed by atoms with Gasteiger partial charge in [0.2, 0.25) is 0 Å². The zero-order chi connectivity index (χ0) is 20.9. The number of esters is 1. The first-order valence-corrected chi connectivity index (χ1v) is 11.1. The van der Waals surface area contributed by atoms with Crippen LogP contribution >= 0.6 is 11.8 Å². The third-order valence-corrected chi connectivity index (χ3v) is 6.88. The maximum Gasteiger partial charge on any atom is 0.321 e. The quantitative estimate of drug-likeness (QED) is 0.291. The molecule has 30 heavy (non-hydrogen) atoms. The van der Waals surface area contributed by atoms with E-state index in [0.29, 0.717) is 5.92 Å². The number of thioether (sulfide) groups is 1. The number of imidazole rings is 1. The average Bonchev–Trinajstić information content (AvgIpc) is 3.53. The van der Waals surface area contributed by atoms with Crippen molar-refractivity contribution in [1.82, 2.24) is 9.55 Å². The topological polar surface area (TPSA) is 44.1 Å². The number of benzene rings is 3. The summed E-state index contributed by atoms with van der Waals surface area (Å²) < 4.78 is 6.46. The van der Waals surface area contributed by atoms with E-state index < -0.39 is 4.75 Å². The van der Waals surface area contributed by atoms with Crippen molar-refractivity contribution in [3.63, 3.8) is 0 Å². The van der Waals surface area contributed by atoms with Crippen LogP contribution in [0.2, 0.25) is 0 Å². The SMILES string of the molecule is COC(=O)C(C)(C)Sc1nc2ccccc2n1-c1ccc(C2CC2)c2ccccc12. The maximum absolute atomic E-state index is 12.4. The lowest BCUT2D eigenvalue weighted by Gasteiger charge is -2.21. The molecule has 1 fully saturated rings. The lowest BCUT2D eigenvalue weighted by molar-refractivity contribution is -0.142. The highest BCUT2D eigenvalue weighted by Crippen LogP contribution is 2.45. The monoisotopic (exact) mass is 416 g/mol. The first-order valence-electron chi connectivity index (χ1n) is 10.3. The molecule has 0 spiro atoms. The fourth-order valence-corrected chi connectivity index (χ4v) is 5.13. The molecule has 5 heteroatoms. The average molecular weight is 417 g/mol. The molecule has 1 aliphatic carbocycles. The summed E-state index contributed by atoms with van der Waals surface area (Å²) in [5.41, 5.74) is 4.47. The molecule has 5 rings (SSSR count). The Hall–Kier alpha value is -2.79. The summed E-state index contributed by atoms with van der Waals surface area (Å²) in [6, 6.07) is 21.2.